The Labute approximate surface area is 118 Å². The van der Waals surface area contributed by atoms with Crippen molar-refractivity contribution in [1.82, 2.24) is 4.90 Å². The van der Waals surface area contributed by atoms with Gasteiger partial charge in [-0.15, -0.1) is 0 Å². The van der Waals surface area contributed by atoms with Crippen LogP contribution in [0.25, 0.3) is 0 Å². The number of rotatable bonds is 6. The highest BCUT2D eigenvalue weighted by Gasteiger charge is 2.13. The molecule has 1 aromatic carbocycles. The summed E-state index contributed by atoms with van der Waals surface area (Å²) in [4.78, 5) is 14.0. The maximum absolute atomic E-state index is 11.8. The Morgan fingerprint density at radius 3 is 2.67 bits per heavy atom. The number of nitrogens with two attached hydrogens (primary N) is 1. The Morgan fingerprint density at radius 2 is 2.11 bits per heavy atom. The Kier molecular flexibility index (Phi) is 6.09. The number of nitrogens with zero attached hydrogens (tertiary/aromatic N) is 1. The van der Waals surface area contributed by atoms with Gasteiger partial charge in [0, 0.05) is 31.0 Å². The molecule has 1 aromatic rings. The van der Waals surface area contributed by atoms with Crippen molar-refractivity contribution in [3.63, 3.8) is 0 Å². The first-order valence-corrected chi connectivity index (χ1v) is 6.62. The number of hydrogen-bond acceptors (Lipinski definition) is 2. The van der Waals surface area contributed by atoms with E-state index in [1.54, 1.807) is 4.90 Å². The normalized spacial score (nSPS) is 10.1. The smallest absolute Gasteiger partial charge is 0.222 e. The fourth-order valence-electron chi connectivity index (χ4n) is 1.59. The molecule has 18 heavy (non-hydrogen) atoms. The average molecular weight is 285 g/mol. The predicted molar refractivity (Wildman–Crippen MR) is 78.6 cm³/mol. The highest BCUT2D eigenvalue weighted by Crippen LogP contribution is 2.17. The van der Waals surface area contributed by atoms with Crippen molar-refractivity contribution in [3.05, 3.63) is 34.9 Å². The zero-order valence-corrected chi connectivity index (χ0v) is 11.9. The van der Waals surface area contributed by atoms with Crippen LogP contribution >= 0.6 is 23.8 Å². The van der Waals surface area contributed by atoms with Gasteiger partial charge < -0.3 is 10.6 Å². The summed E-state index contributed by atoms with van der Waals surface area (Å²) >= 11 is 10.9. The van der Waals surface area contributed by atoms with Crippen molar-refractivity contribution in [2.24, 2.45) is 5.73 Å². The van der Waals surface area contributed by atoms with E-state index in [0.717, 1.165) is 5.56 Å². The highest BCUT2D eigenvalue weighted by molar-refractivity contribution is 7.80. The molecule has 0 aliphatic rings. The number of halogens is 1. The third-order valence-electron chi connectivity index (χ3n) is 2.60. The number of thiocarbonyl (C=S) groups is 1. The summed E-state index contributed by atoms with van der Waals surface area (Å²) in [5.41, 5.74) is 6.41. The van der Waals surface area contributed by atoms with Crippen LogP contribution in [-0.4, -0.2) is 22.3 Å². The fourth-order valence-corrected chi connectivity index (χ4v) is 1.88. The molecule has 98 valence electrons. The second kappa shape index (κ2) is 7.34. The lowest BCUT2D eigenvalue weighted by Crippen LogP contribution is -2.32. The zero-order chi connectivity index (χ0) is 13.5. The van der Waals surface area contributed by atoms with Gasteiger partial charge in [0.25, 0.3) is 0 Å². The standard InChI is InChI=1S/C13H17ClN2OS/c1-2-13(17)16(8-7-12(15)18)9-10-5-3-4-6-11(10)14/h3-6H,2,7-9H2,1H3,(H2,15,18). The summed E-state index contributed by atoms with van der Waals surface area (Å²) in [5, 5.41) is 0.668. The molecular formula is C13H17ClN2OS. The molecule has 3 nitrogen and oxygen atoms in total. The van der Waals surface area contributed by atoms with Crippen LogP contribution in [0.2, 0.25) is 5.02 Å². The maximum Gasteiger partial charge on any atom is 0.222 e. The van der Waals surface area contributed by atoms with Gasteiger partial charge in [-0.3, -0.25) is 4.79 Å². The lowest BCUT2D eigenvalue weighted by Gasteiger charge is -2.22. The Morgan fingerprint density at radius 1 is 1.44 bits per heavy atom. The van der Waals surface area contributed by atoms with Gasteiger partial charge in [0.1, 0.15) is 0 Å². The highest BCUT2D eigenvalue weighted by atomic mass is 35.5. The molecule has 0 unspecified atom stereocenters. The SMILES string of the molecule is CCC(=O)N(CCC(N)=S)Cc1ccccc1Cl. The van der Waals surface area contributed by atoms with Gasteiger partial charge in [-0.25, -0.2) is 0 Å². The first kappa shape index (κ1) is 14.9. The monoisotopic (exact) mass is 284 g/mol. The van der Waals surface area contributed by atoms with Crippen LogP contribution in [0.4, 0.5) is 0 Å². The Hall–Kier alpha value is -1.13. The summed E-state index contributed by atoms with van der Waals surface area (Å²) in [5.74, 6) is 0.0752. The van der Waals surface area contributed by atoms with Crippen LogP contribution < -0.4 is 5.73 Å². The van der Waals surface area contributed by atoms with E-state index < -0.39 is 0 Å². The molecule has 1 rings (SSSR count). The minimum absolute atomic E-state index is 0.0752. The predicted octanol–water partition coefficient (Wildman–Crippen LogP) is 2.75. The van der Waals surface area contributed by atoms with Crippen LogP contribution in [0, 0.1) is 0 Å². The topological polar surface area (TPSA) is 46.3 Å². The summed E-state index contributed by atoms with van der Waals surface area (Å²) < 4.78 is 0. The van der Waals surface area contributed by atoms with E-state index in [1.165, 1.54) is 0 Å². The van der Waals surface area contributed by atoms with Gasteiger partial charge in [0.15, 0.2) is 0 Å². The Bertz CT molecular complexity index is 437. The van der Waals surface area contributed by atoms with E-state index in [2.05, 4.69) is 0 Å². The molecule has 0 heterocycles. The summed E-state index contributed by atoms with van der Waals surface area (Å²) in [6.07, 6.45) is 0.993. The van der Waals surface area contributed by atoms with Crippen LogP contribution in [0.15, 0.2) is 24.3 Å². The van der Waals surface area contributed by atoms with Crippen LogP contribution in [0.1, 0.15) is 25.3 Å². The van der Waals surface area contributed by atoms with E-state index in [1.807, 2.05) is 31.2 Å². The molecule has 2 N–H and O–H groups in total. The second-order valence-corrected chi connectivity index (χ2v) is 4.91. The molecule has 0 fully saturated rings. The largest absolute Gasteiger partial charge is 0.393 e. The number of carbonyl (C=O) groups excluding carboxylic acids is 1. The molecule has 0 spiro atoms. The van der Waals surface area contributed by atoms with Crippen molar-refractivity contribution in [3.8, 4) is 0 Å². The van der Waals surface area contributed by atoms with E-state index in [9.17, 15) is 4.79 Å². The summed E-state index contributed by atoms with van der Waals surface area (Å²) in [7, 11) is 0. The zero-order valence-electron chi connectivity index (χ0n) is 10.4. The minimum Gasteiger partial charge on any atom is -0.393 e. The van der Waals surface area contributed by atoms with E-state index in [4.69, 9.17) is 29.6 Å². The van der Waals surface area contributed by atoms with Gasteiger partial charge in [-0.1, -0.05) is 48.9 Å². The summed E-state index contributed by atoms with van der Waals surface area (Å²) in [6.45, 7) is 2.87. The molecular weight excluding hydrogens is 268 g/mol. The Balaban J connectivity index is 2.75. The molecule has 0 radical (unpaired) electrons. The fraction of sp³-hybridized carbons (Fsp3) is 0.385. The maximum atomic E-state index is 11.8. The molecule has 0 saturated carbocycles. The molecule has 0 aliphatic carbocycles. The van der Waals surface area contributed by atoms with Crippen molar-refractivity contribution >= 4 is 34.7 Å². The number of benzene rings is 1. The molecule has 0 aromatic heterocycles. The molecule has 0 atom stereocenters. The third-order valence-corrected chi connectivity index (χ3v) is 3.18. The summed E-state index contributed by atoms with van der Waals surface area (Å²) in [6, 6.07) is 7.51. The van der Waals surface area contributed by atoms with Crippen molar-refractivity contribution in [2.75, 3.05) is 6.54 Å². The molecule has 0 saturated heterocycles. The molecule has 0 bridgehead atoms. The first-order chi connectivity index (χ1) is 8.54. The van der Waals surface area contributed by atoms with Crippen molar-refractivity contribution < 1.29 is 4.79 Å². The van der Waals surface area contributed by atoms with Crippen LogP contribution in [0.3, 0.4) is 0 Å². The quantitative estimate of drug-likeness (QED) is 0.817. The molecule has 1 amide bonds. The first-order valence-electron chi connectivity index (χ1n) is 5.84. The van der Waals surface area contributed by atoms with Crippen LogP contribution in [-0.2, 0) is 11.3 Å². The van der Waals surface area contributed by atoms with Crippen LogP contribution in [0.5, 0.6) is 0 Å². The second-order valence-electron chi connectivity index (χ2n) is 3.98. The molecule has 5 heteroatoms. The number of hydrogen-bond donors (Lipinski definition) is 1. The number of amides is 1. The number of carbonyl (C=O) groups is 1. The average Bonchev–Trinajstić information content (AvgIpc) is 2.35. The van der Waals surface area contributed by atoms with E-state index in [-0.39, 0.29) is 5.91 Å². The van der Waals surface area contributed by atoms with E-state index in [0.29, 0.717) is 35.9 Å². The minimum atomic E-state index is 0.0752. The van der Waals surface area contributed by atoms with Gasteiger partial charge in [-0.2, -0.15) is 0 Å². The lowest BCUT2D eigenvalue weighted by molar-refractivity contribution is -0.131. The van der Waals surface area contributed by atoms with Gasteiger partial charge in [0.05, 0.1) is 4.99 Å². The van der Waals surface area contributed by atoms with Gasteiger partial charge >= 0.3 is 0 Å². The third kappa shape index (κ3) is 4.63. The lowest BCUT2D eigenvalue weighted by atomic mass is 10.2. The molecule has 0 aliphatic heterocycles. The van der Waals surface area contributed by atoms with E-state index >= 15 is 0 Å². The van der Waals surface area contributed by atoms with Gasteiger partial charge in [0.2, 0.25) is 5.91 Å². The van der Waals surface area contributed by atoms with Gasteiger partial charge in [-0.05, 0) is 11.6 Å². The van der Waals surface area contributed by atoms with Crippen molar-refractivity contribution in [2.45, 2.75) is 26.3 Å². The van der Waals surface area contributed by atoms with Crippen molar-refractivity contribution in [1.29, 1.82) is 0 Å².